The first-order valence-electron chi connectivity index (χ1n) is 13.2. The lowest BCUT2D eigenvalue weighted by atomic mass is 10.1. The highest BCUT2D eigenvalue weighted by atomic mass is 19.4. The number of halogens is 6. The number of carbonyl (C=O) groups is 1. The second kappa shape index (κ2) is 14.8. The Morgan fingerprint density at radius 3 is 1.39 bits per heavy atom. The predicted molar refractivity (Wildman–Crippen MR) is 147 cm³/mol. The molecule has 0 saturated carbocycles. The number of rotatable bonds is 14. The maximum absolute atomic E-state index is 12.7. The fourth-order valence-corrected chi connectivity index (χ4v) is 3.68. The molecule has 232 valence electrons. The fourth-order valence-electron chi connectivity index (χ4n) is 3.68. The number of hydrogen-bond donors (Lipinski definition) is 0. The number of carbonyl (C=O) groups excluding carboxylic acids is 1. The van der Waals surface area contributed by atoms with E-state index in [1.807, 2.05) is 0 Å². The number of alkyl halides is 6. The van der Waals surface area contributed by atoms with E-state index in [2.05, 4.69) is 9.97 Å². The van der Waals surface area contributed by atoms with Crippen LogP contribution in [0.25, 0.3) is 24.3 Å². The summed E-state index contributed by atoms with van der Waals surface area (Å²) in [5.41, 5.74) is 0.629. The first kappa shape index (κ1) is 32.4. The van der Waals surface area contributed by atoms with Gasteiger partial charge in [0.15, 0.2) is 0 Å². The van der Waals surface area contributed by atoms with E-state index in [9.17, 15) is 31.1 Å². The molecular formula is C31H26F6N2O5. The van der Waals surface area contributed by atoms with Crippen molar-refractivity contribution in [1.29, 1.82) is 0 Å². The Balaban J connectivity index is 1.08. The van der Waals surface area contributed by atoms with Gasteiger partial charge in [-0.25, -0.2) is 9.97 Å². The van der Waals surface area contributed by atoms with Gasteiger partial charge in [-0.3, -0.25) is 4.79 Å². The van der Waals surface area contributed by atoms with Gasteiger partial charge in [0.2, 0.25) is 11.8 Å². The van der Waals surface area contributed by atoms with Crippen molar-refractivity contribution in [1.82, 2.24) is 9.97 Å². The highest BCUT2D eigenvalue weighted by Gasteiger charge is 2.30. The van der Waals surface area contributed by atoms with E-state index >= 15 is 0 Å². The van der Waals surface area contributed by atoms with E-state index in [0.29, 0.717) is 22.5 Å². The molecule has 0 radical (unpaired) electrons. The van der Waals surface area contributed by atoms with E-state index in [1.54, 1.807) is 12.2 Å². The number of benzene rings is 2. The lowest BCUT2D eigenvalue weighted by Crippen LogP contribution is -2.08. The first-order valence-corrected chi connectivity index (χ1v) is 13.2. The van der Waals surface area contributed by atoms with Crippen LogP contribution in [-0.2, 0) is 39.8 Å². The van der Waals surface area contributed by atoms with Crippen LogP contribution in [-0.4, -0.2) is 29.0 Å². The van der Waals surface area contributed by atoms with Gasteiger partial charge in [-0.2, -0.15) is 26.3 Å². The normalized spacial score (nSPS) is 12.5. The monoisotopic (exact) mass is 620 g/mol. The third kappa shape index (κ3) is 10.3. The molecule has 0 aliphatic rings. The third-order valence-corrected chi connectivity index (χ3v) is 6.00. The van der Waals surface area contributed by atoms with Gasteiger partial charge in [-0.1, -0.05) is 24.3 Å². The molecule has 0 atom stereocenters. The largest absolute Gasteiger partial charge is 0.445 e. The van der Waals surface area contributed by atoms with Crippen LogP contribution in [0.5, 0.6) is 0 Å². The molecule has 0 bridgehead atoms. The summed E-state index contributed by atoms with van der Waals surface area (Å²) in [7, 11) is 0. The average Bonchev–Trinajstić information content (AvgIpc) is 3.64. The zero-order valence-electron chi connectivity index (χ0n) is 23.0. The van der Waals surface area contributed by atoms with Crippen LogP contribution >= 0.6 is 0 Å². The SMILES string of the molecule is O=C(CCOCc1coc(/C=C/c2ccc(C(F)(F)F)cc2)n1)CCOCc1coc(/C=C/c2ccc(C(F)(F)F)cc2)n1. The van der Waals surface area contributed by atoms with Crippen molar-refractivity contribution in [3.63, 3.8) is 0 Å². The molecule has 7 nitrogen and oxygen atoms in total. The standard InChI is InChI=1S/C31H26F6N2O5/c32-30(33,34)23-7-1-21(2-8-23)5-11-28-38-25(19-43-28)17-41-15-13-27(40)14-16-42-18-26-20-44-29(39-26)12-6-22-3-9-24(10-4-22)31(35,36)37/h1-12,19-20H,13-18H2/b11-5+,12-6+. The highest BCUT2D eigenvalue weighted by Crippen LogP contribution is 2.30. The van der Waals surface area contributed by atoms with Gasteiger partial charge < -0.3 is 18.3 Å². The minimum absolute atomic E-state index is 0.0642. The van der Waals surface area contributed by atoms with Crippen LogP contribution in [0.3, 0.4) is 0 Å². The number of hydrogen-bond acceptors (Lipinski definition) is 7. The maximum Gasteiger partial charge on any atom is 0.416 e. The van der Waals surface area contributed by atoms with Crippen LogP contribution in [0, 0.1) is 0 Å². The van der Waals surface area contributed by atoms with Gasteiger partial charge >= 0.3 is 12.4 Å². The summed E-state index contributed by atoms with van der Waals surface area (Å²) < 4.78 is 97.5. The van der Waals surface area contributed by atoms with Crippen molar-refractivity contribution < 1.29 is 49.4 Å². The Morgan fingerprint density at radius 2 is 1.02 bits per heavy atom. The van der Waals surface area contributed by atoms with Gasteiger partial charge in [-0.15, -0.1) is 0 Å². The Hall–Kier alpha value is -4.49. The lowest BCUT2D eigenvalue weighted by molar-refractivity contribution is -0.138. The Kier molecular flexibility index (Phi) is 10.9. The summed E-state index contributed by atoms with van der Waals surface area (Å²) in [6, 6.07) is 9.34. The van der Waals surface area contributed by atoms with Crippen molar-refractivity contribution in [2.75, 3.05) is 13.2 Å². The van der Waals surface area contributed by atoms with Crippen molar-refractivity contribution in [3.05, 3.63) is 106 Å². The summed E-state index contributed by atoms with van der Waals surface area (Å²) in [5, 5.41) is 0. The van der Waals surface area contributed by atoms with Crippen molar-refractivity contribution in [2.45, 2.75) is 38.4 Å². The average molecular weight is 621 g/mol. The minimum atomic E-state index is -4.39. The van der Waals surface area contributed by atoms with Crippen LogP contribution < -0.4 is 0 Å². The Labute approximate surface area is 247 Å². The maximum atomic E-state index is 12.7. The van der Waals surface area contributed by atoms with Crippen LogP contribution in [0.1, 0.15) is 58.3 Å². The molecule has 2 heterocycles. The summed E-state index contributed by atoms with van der Waals surface area (Å²) in [4.78, 5) is 20.5. The Morgan fingerprint density at radius 1 is 0.636 bits per heavy atom. The zero-order chi connectivity index (χ0) is 31.6. The number of Topliss-reactive ketones (excluding diaryl/α,β-unsaturated/α-hetero) is 1. The summed E-state index contributed by atoms with van der Waals surface area (Å²) in [6.07, 6.45) is 0.527. The number of ketones is 1. The van der Waals surface area contributed by atoms with Gasteiger partial charge in [0, 0.05) is 25.0 Å². The predicted octanol–water partition coefficient (Wildman–Crippen LogP) is 8.12. The lowest BCUT2D eigenvalue weighted by Gasteiger charge is -2.05. The van der Waals surface area contributed by atoms with E-state index in [-0.39, 0.29) is 56.8 Å². The van der Waals surface area contributed by atoms with E-state index < -0.39 is 23.5 Å². The number of aromatic nitrogens is 2. The van der Waals surface area contributed by atoms with Crippen molar-refractivity contribution in [2.24, 2.45) is 0 Å². The molecule has 2 aromatic carbocycles. The van der Waals surface area contributed by atoms with Gasteiger partial charge in [0.05, 0.1) is 37.6 Å². The molecule has 0 unspecified atom stereocenters. The van der Waals surface area contributed by atoms with E-state index in [0.717, 1.165) is 24.3 Å². The molecule has 2 aromatic heterocycles. The summed E-state index contributed by atoms with van der Waals surface area (Å²) in [5.74, 6) is 0.447. The number of ether oxygens (including phenoxy) is 2. The molecule has 0 amide bonds. The molecule has 44 heavy (non-hydrogen) atoms. The molecule has 0 N–H and O–H groups in total. The zero-order valence-corrected chi connectivity index (χ0v) is 23.0. The second-order valence-electron chi connectivity index (χ2n) is 9.40. The Bertz CT molecular complexity index is 1440. The number of nitrogens with zero attached hydrogens (tertiary/aromatic N) is 2. The molecule has 4 rings (SSSR count). The molecule has 0 fully saturated rings. The van der Waals surface area contributed by atoms with Crippen LogP contribution in [0.2, 0.25) is 0 Å². The molecule has 0 spiro atoms. The van der Waals surface area contributed by atoms with Crippen LogP contribution in [0.4, 0.5) is 26.3 Å². The molecule has 13 heteroatoms. The smallest absolute Gasteiger partial charge is 0.416 e. The molecular weight excluding hydrogens is 594 g/mol. The van der Waals surface area contributed by atoms with Gasteiger partial charge in [0.1, 0.15) is 29.7 Å². The first-order chi connectivity index (χ1) is 21.0. The topological polar surface area (TPSA) is 87.6 Å². The van der Waals surface area contributed by atoms with Crippen molar-refractivity contribution >= 4 is 30.1 Å². The van der Waals surface area contributed by atoms with Gasteiger partial charge in [-0.05, 0) is 47.5 Å². The van der Waals surface area contributed by atoms with E-state index in [1.165, 1.54) is 48.9 Å². The quantitative estimate of drug-likeness (QED) is 0.104. The molecule has 0 aliphatic heterocycles. The van der Waals surface area contributed by atoms with Gasteiger partial charge in [0.25, 0.3) is 0 Å². The van der Waals surface area contributed by atoms with Crippen LogP contribution in [0.15, 0.2) is 69.9 Å². The van der Waals surface area contributed by atoms with E-state index in [4.69, 9.17) is 18.3 Å². The highest BCUT2D eigenvalue weighted by molar-refractivity contribution is 5.78. The van der Waals surface area contributed by atoms with Crippen molar-refractivity contribution in [3.8, 4) is 0 Å². The number of oxazole rings is 2. The summed E-state index contributed by atoms with van der Waals surface area (Å²) >= 11 is 0. The second-order valence-corrected chi connectivity index (χ2v) is 9.40. The third-order valence-electron chi connectivity index (χ3n) is 6.00. The minimum Gasteiger partial charge on any atom is -0.445 e. The summed E-state index contributed by atoms with van der Waals surface area (Å²) in [6.45, 7) is 0.563. The molecule has 0 aliphatic carbocycles. The fraction of sp³-hybridized carbons (Fsp3) is 0.258. The molecule has 0 saturated heterocycles. The molecule has 4 aromatic rings.